The lowest BCUT2D eigenvalue weighted by atomic mass is 9.90. The first-order valence-electron chi connectivity index (χ1n) is 6.48. The summed E-state index contributed by atoms with van der Waals surface area (Å²) in [5.41, 5.74) is 7.44. The normalized spacial score (nSPS) is 24.5. The van der Waals surface area contributed by atoms with Crippen molar-refractivity contribution < 1.29 is 0 Å². The van der Waals surface area contributed by atoms with E-state index in [0.29, 0.717) is 11.5 Å². The Balaban J connectivity index is 0.00000162. The molecule has 1 aromatic heterocycles. The summed E-state index contributed by atoms with van der Waals surface area (Å²) in [4.78, 5) is 2.48. The second-order valence-electron chi connectivity index (χ2n) is 5.90. The van der Waals surface area contributed by atoms with E-state index in [0.717, 1.165) is 26.2 Å². The van der Waals surface area contributed by atoms with Crippen molar-refractivity contribution in [2.75, 3.05) is 19.6 Å². The summed E-state index contributed by atoms with van der Waals surface area (Å²) in [5.74, 6) is 0. The molecule has 5 heteroatoms. The molecule has 0 amide bonds. The van der Waals surface area contributed by atoms with Crippen LogP contribution in [0.2, 0.25) is 0 Å². The molecule has 1 fully saturated rings. The summed E-state index contributed by atoms with van der Waals surface area (Å²) in [6.45, 7) is 10.6. The number of rotatable bonds is 4. The Morgan fingerprint density at radius 2 is 2.22 bits per heavy atom. The van der Waals surface area contributed by atoms with Gasteiger partial charge in [0, 0.05) is 30.9 Å². The van der Waals surface area contributed by atoms with Gasteiger partial charge in [-0.3, -0.25) is 9.58 Å². The quantitative estimate of drug-likeness (QED) is 0.913. The number of nitrogens with zero attached hydrogens (tertiary/aromatic N) is 3. The zero-order chi connectivity index (χ0) is 12.5. The molecule has 0 saturated carbocycles. The Labute approximate surface area is 116 Å². The number of likely N-dealkylation sites (tertiary alicyclic amines) is 1. The van der Waals surface area contributed by atoms with Crippen molar-refractivity contribution in [2.45, 2.75) is 39.8 Å². The standard InChI is InChI=1S/C13H24N4.ClH/c1-11(2)17-8-12(6-15-17)7-16-5-4-13(3,9-14)10-16;/h6,8,11H,4-5,7,9-10,14H2,1-3H3;1H. The maximum atomic E-state index is 5.82. The van der Waals surface area contributed by atoms with Gasteiger partial charge >= 0.3 is 0 Å². The van der Waals surface area contributed by atoms with Crippen LogP contribution in [0.15, 0.2) is 12.4 Å². The molecule has 1 unspecified atom stereocenters. The Morgan fingerprint density at radius 3 is 2.72 bits per heavy atom. The van der Waals surface area contributed by atoms with Gasteiger partial charge in [-0.25, -0.2) is 0 Å². The number of hydrogen-bond acceptors (Lipinski definition) is 3. The van der Waals surface area contributed by atoms with Gasteiger partial charge in [0.15, 0.2) is 0 Å². The number of nitrogens with two attached hydrogens (primary N) is 1. The second-order valence-corrected chi connectivity index (χ2v) is 5.90. The summed E-state index contributed by atoms with van der Waals surface area (Å²) in [6.07, 6.45) is 5.35. The van der Waals surface area contributed by atoms with E-state index in [1.165, 1.54) is 12.0 Å². The van der Waals surface area contributed by atoms with Gasteiger partial charge in [0.2, 0.25) is 0 Å². The van der Waals surface area contributed by atoms with E-state index >= 15 is 0 Å². The molecule has 2 rings (SSSR count). The van der Waals surface area contributed by atoms with Crippen molar-refractivity contribution in [1.82, 2.24) is 14.7 Å². The third-order valence-corrected chi connectivity index (χ3v) is 3.72. The van der Waals surface area contributed by atoms with Gasteiger partial charge < -0.3 is 5.73 Å². The van der Waals surface area contributed by atoms with Crippen LogP contribution in [-0.4, -0.2) is 34.3 Å². The number of hydrogen-bond donors (Lipinski definition) is 1. The van der Waals surface area contributed by atoms with Crippen LogP contribution in [0.4, 0.5) is 0 Å². The Hall–Kier alpha value is -0.580. The topological polar surface area (TPSA) is 47.1 Å². The van der Waals surface area contributed by atoms with E-state index in [-0.39, 0.29) is 12.4 Å². The highest BCUT2D eigenvalue weighted by Gasteiger charge is 2.32. The summed E-state index contributed by atoms with van der Waals surface area (Å²) in [5, 5.41) is 4.38. The molecule has 0 aromatic carbocycles. The summed E-state index contributed by atoms with van der Waals surface area (Å²) < 4.78 is 2.02. The first kappa shape index (κ1) is 15.5. The van der Waals surface area contributed by atoms with E-state index in [9.17, 15) is 0 Å². The van der Waals surface area contributed by atoms with Crippen molar-refractivity contribution in [2.24, 2.45) is 11.1 Å². The number of halogens is 1. The zero-order valence-electron chi connectivity index (χ0n) is 11.6. The predicted octanol–water partition coefficient (Wildman–Crippen LogP) is 2.06. The average Bonchev–Trinajstić information content (AvgIpc) is 2.87. The molecular formula is C13H25ClN4. The Morgan fingerprint density at radius 1 is 1.50 bits per heavy atom. The third-order valence-electron chi connectivity index (χ3n) is 3.72. The van der Waals surface area contributed by atoms with Gasteiger partial charge in [-0.1, -0.05) is 6.92 Å². The van der Waals surface area contributed by atoms with E-state index in [1.54, 1.807) is 0 Å². The fourth-order valence-corrected chi connectivity index (χ4v) is 2.43. The molecule has 1 aliphatic heterocycles. The molecule has 1 saturated heterocycles. The minimum absolute atomic E-state index is 0. The molecule has 0 aliphatic carbocycles. The summed E-state index contributed by atoms with van der Waals surface area (Å²) in [7, 11) is 0. The van der Waals surface area contributed by atoms with Gasteiger partial charge in [0.25, 0.3) is 0 Å². The molecule has 0 spiro atoms. The van der Waals surface area contributed by atoms with Crippen molar-refractivity contribution in [3.05, 3.63) is 18.0 Å². The molecule has 0 radical (unpaired) electrons. The van der Waals surface area contributed by atoms with Crippen molar-refractivity contribution in [3.63, 3.8) is 0 Å². The Kier molecular flexibility index (Phi) is 5.20. The van der Waals surface area contributed by atoms with E-state index in [4.69, 9.17) is 5.73 Å². The maximum Gasteiger partial charge on any atom is 0.0534 e. The monoisotopic (exact) mass is 272 g/mol. The molecule has 1 aromatic rings. The van der Waals surface area contributed by atoms with Crippen LogP contribution in [-0.2, 0) is 6.54 Å². The predicted molar refractivity (Wildman–Crippen MR) is 76.9 cm³/mol. The smallest absolute Gasteiger partial charge is 0.0534 e. The lowest BCUT2D eigenvalue weighted by Gasteiger charge is -2.22. The van der Waals surface area contributed by atoms with Gasteiger partial charge in [0.1, 0.15) is 0 Å². The zero-order valence-corrected chi connectivity index (χ0v) is 12.4. The third kappa shape index (κ3) is 3.46. The first-order valence-corrected chi connectivity index (χ1v) is 6.48. The Bertz CT molecular complexity index is 377. The molecule has 1 atom stereocenters. The average molecular weight is 273 g/mol. The van der Waals surface area contributed by atoms with Crippen molar-refractivity contribution in [3.8, 4) is 0 Å². The van der Waals surface area contributed by atoms with E-state index in [2.05, 4.69) is 37.0 Å². The molecular weight excluding hydrogens is 248 g/mol. The van der Waals surface area contributed by atoms with Crippen molar-refractivity contribution in [1.29, 1.82) is 0 Å². The van der Waals surface area contributed by atoms with Crippen LogP contribution in [0.1, 0.15) is 38.8 Å². The van der Waals surface area contributed by atoms with E-state index < -0.39 is 0 Å². The van der Waals surface area contributed by atoms with Crippen LogP contribution in [0.25, 0.3) is 0 Å². The van der Waals surface area contributed by atoms with Crippen LogP contribution < -0.4 is 5.73 Å². The van der Waals surface area contributed by atoms with Crippen LogP contribution in [0, 0.1) is 5.41 Å². The van der Waals surface area contributed by atoms with Crippen molar-refractivity contribution >= 4 is 12.4 Å². The molecule has 1 aliphatic rings. The van der Waals surface area contributed by atoms with Gasteiger partial charge in [-0.05, 0) is 38.8 Å². The lowest BCUT2D eigenvalue weighted by molar-refractivity contribution is 0.274. The molecule has 104 valence electrons. The van der Waals surface area contributed by atoms with Gasteiger partial charge in [-0.2, -0.15) is 5.10 Å². The fourth-order valence-electron chi connectivity index (χ4n) is 2.43. The molecule has 2 heterocycles. The first-order chi connectivity index (χ1) is 8.02. The second kappa shape index (κ2) is 6.04. The highest BCUT2D eigenvalue weighted by Crippen LogP contribution is 2.29. The largest absolute Gasteiger partial charge is 0.330 e. The molecule has 2 N–H and O–H groups in total. The minimum Gasteiger partial charge on any atom is -0.330 e. The SMILES string of the molecule is CC(C)n1cc(CN2CCC(C)(CN)C2)cn1.Cl. The maximum absolute atomic E-state index is 5.82. The molecule has 0 bridgehead atoms. The van der Waals surface area contributed by atoms with E-state index in [1.807, 2.05) is 10.9 Å². The molecule has 18 heavy (non-hydrogen) atoms. The minimum atomic E-state index is 0. The van der Waals surface area contributed by atoms with Crippen LogP contribution in [0.3, 0.4) is 0 Å². The summed E-state index contributed by atoms with van der Waals surface area (Å²) >= 11 is 0. The highest BCUT2D eigenvalue weighted by atomic mass is 35.5. The number of aromatic nitrogens is 2. The molecule has 4 nitrogen and oxygen atoms in total. The van der Waals surface area contributed by atoms with Crippen LogP contribution in [0.5, 0.6) is 0 Å². The van der Waals surface area contributed by atoms with Gasteiger partial charge in [0.05, 0.1) is 6.20 Å². The highest BCUT2D eigenvalue weighted by molar-refractivity contribution is 5.85. The summed E-state index contributed by atoms with van der Waals surface area (Å²) in [6, 6.07) is 0.441. The fraction of sp³-hybridized carbons (Fsp3) is 0.769. The van der Waals surface area contributed by atoms with Crippen LogP contribution >= 0.6 is 12.4 Å². The van der Waals surface area contributed by atoms with Gasteiger partial charge in [-0.15, -0.1) is 12.4 Å². The lowest BCUT2D eigenvalue weighted by Crippen LogP contribution is -2.31.